The van der Waals surface area contributed by atoms with Gasteiger partial charge in [0, 0.05) is 5.69 Å². The van der Waals surface area contributed by atoms with Gasteiger partial charge in [-0.05, 0) is 37.3 Å². The number of hydrogen-bond acceptors (Lipinski definition) is 5. The molecule has 31 heavy (non-hydrogen) atoms. The Kier molecular flexibility index (Phi) is 5.95. The van der Waals surface area contributed by atoms with Crippen LogP contribution in [0.3, 0.4) is 0 Å². The number of H-pyrrole nitrogens is 1. The summed E-state index contributed by atoms with van der Waals surface area (Å²) in [7, 11) is 0. The van der Waals surface area contributed by atoms with Crippen molar-refractivity contribution in [2.24, 2.45) is 0 Å². The largest absolute Gasteiger partial charge is 0.451 e. The van der Waals surface area contributed by atoms with Gasteiger partial charge in [-0.2, -0.15) is 13.2 Å². The second-order valence-electron chi connectivity index (χ2n) is 6.58. The van der Waals surface area contributed by atoms with Crippen LogP contribution in [0.5, 0.6) is 0 Å². The maximum Gasteiger partial charge on any atom is 0.416 e. The van der Waals surface area contributed by atoms with Crippen LogP contribution in [0.25, 0.3) is 10.8 Å². The summed E-state index contributed by atoms with van der Waals surface area (Å²) in [5, 5.41) is 4.74. The van der Waals surface area contributed by atoms with Gasteiger partial charge in [-0.3, -0.25) is 24.3 Å². The van der Waals surface area contributed by atoms with E-state index >= 15 is 0 Å². The van der Waals surface area contributed by atoms with Gasteiger partial charge in [0.2, 0.25) is 0 Å². The molecule has 1 amide bonds. The fraction of sp³-hybridized carbons (Fsp3) is 0.200. The molecule has 8 nitrogen and oxygen atoms in total. The minimum atomic E-state index is -4.58. The van der Waals surface area contributed by atoms with E-state index in [0.717, 1.165) is 22.9 Å². The predicted molar refractivity (Wildman–Crippen MR) is 104 cm³/mol. The molecule has 1 heterocycles. The quantitative estimate of drug-likeness (QED) is 0.598. The second kappa shape index (κ2) is 8.46. The molecule has 0 saturated heterocycles. The van der Waals surface area contributed by atoms with Crippen molar-refractivity contribution in [1.82, 2.24) is 9.78 Å². The third-order valence-electron chi connectivity index (χ3n) is 4.31. The second-order valence-corrected chi connectivity index (χ2v) is 6.58. The maximum absolute atomic E-state index is 12.8. The Bertz CT molecular complexity index is 1260. The van der Waals surface area contributed by atoms with E-state index in [1.165, 1.54) is 25.1 Å². The number of nitrogens with zero attached hydrogens (tertiary/aromatic N) is 1. The Morgan fingerprint density at radius 1 is 1.10 bits per heavy atom. The zero-order chi connectivity index (χ0) is 22.8. The lowest BCUT2D eigenvalue weighted by atomic mass is 10.2. The van der Waals surface area contributed by atoms with Gasteiger partial charge in [-0.15, -0.1) is 0 Å². The first kappa shape index (κ1) is 21.8. The Balaban J connectivity index is 1.68. The lowest BCUT2D eigenvalue weighted by Gasteiger charge is -2.15. The van der Waals surface area contributed by atoms with Crippen molar-refractivity contribution in [3.63, 3.8) is 0 Å². The molecule has 0 aliphatic heterocycles. The fourth-order valence-electron chi connectivity index (χ4n) is 2.79. The van der Waals surface area contributed by atoms with Crippen molar-refractivity contribution in [2.45, 2.75) is 25.7 Å². The Labute approximate surface area is 172 Å². The van der Waals surface area contributed by atoms with Gasteiger partial charge in [0.05, 0.1) is 16.3 Å². The number of esters is 1. The molecular weight excluding hydrogens is 419 g/mol. The first-order valence-corrected chi connectivity index (χ1v) is 8.96. The van der Waals surface area contributed by atoms with Crippen LogP contribution in [0.2, 0.25) is 0 Å². The number of aromatic nitrogens is 2. The van der Waals surface area contributed by atoms with E-state index in [2.05, 4.69) is 10.4 Å². The number of carbonyl (C=O) groups excluding carboxylic acids is 2. The summed E-state index contributed by atoms with van der Waals surface area (Å²) in [4.78, 5) is 48.8. The molecule has 0 spiro atoms. The molecule has 2 aromatic carbocycles. The van der Waals surface area contributed by atoms with Gasteiger partial charge >= 0.3 is 12.1 Å². The average molecular weight is 435 g/mol. The lowest BCUT2D eigenvalue weighted by molar-refractivity contribution is -0.154. The summed E-state index contributed by atoms with van der Waals surface area (Å²) < 4.78 is 44.0. The molecule has 0 fully saturated rings. The number of anilines is 1. The molecule has 0 radical (unpaired) electrons. The van der Waals surface area contributed by atoms with Crippen LogP contribution in [0.1, 0.15) is 12.5 Å². The van der Waals surface area contributed by atoms with Crippen LogP contribution in [0.4, 0.5) is 18.9 Å². The molecule has 0 bridgehead atoms. The van der Waals surface area contributed by atoms with Crippen LogP contribution < -0.4 is 16.4 Å². The number of fused-ring (bicyclic) bond motifs is 1. The maximum atomic E-state index is 12.8. The summed E-state index contributed by atoms with van der Waals surface area (Å²) in [5.74, 6) is -1.87. The van der Waals surface area contributed by atoms with Gasteiger partial charge in [-0.25, -0.2) is 4.68 Å². The number of aromatic amines is 1. The highest BCUT2D eigenvalue weighted by Crippen LogP contribution is 2.30. The highest BCUT2D eigenvalue weighted by molar-refractivity contribution is 5.95. The number of ether oxygens (including phenoxy) is 1. The standard InChI is InChI=1S/C20H16F3N3O5/c1-11(17(28)24-13-6-4-5-12(9-13)20(21,22)23)31-16(27)10-26-19(30)15-8-3-2-7-14(15)18(29)25-26/h2-9,11H,10H2,1H3,(H,24,28)(H,25,29)/t11-/m1/s1. The molecule has 162 valence electrons. The summed E-state index contributed by atoms with van der Waals surface area (Å²) in [6, 6.07) is 10.00. The van der Waals surface area contributed by atoms with Crippen LogP contribution in [0.15, 0.2) is 58.1 Å². The van der Waals surface area contributed by atoms with E-state index in [1.54, 1.807) is 12.1 Å². The topological polar surface area (TPSA) is 110 Å². The molecule has 11 heteroatoms. The van der Waals surface area contributed by atoms with E-state index in [-0.39, 0.29) is 16.5 Å². The number of carbonyl (C=O) groups is 2. The number of nitrogens with one attached hydrogen (secondary N) is 2. The van der Waals surface area contributed by atoms with E-state index in [9.17, 15) is 32.3 Å². The molecular formula is C20H16F3N3O5. The number of halogens is 3. The summed E-state index contributed by atoms with van der Waals surface area (Å²) in [6.07, 6.45) is -5.95. The van der Waals surface area contributed by atoms with E-state index in [1.807, 2.05) is 0 Å². The van der Waals surface area contributed by atoms with Gasteiger partial charge < -0.3 is 10.1 Å². The van der Waals surface area contributed by atoms with Crippen LogP contribution in [0, 0.1) is 0 Å². The number of hydrogen-bond donors (Lipinski definition) is 2. The van der Waals surface area contributed by atoms with Gasteiger partial charge in [0.15, 0.2) is 6.10 Å². The van der Waals surface area contributed by atoms with Crippen molar-refractivity contribution in [1.29, 1.82) is 0 Å². The molecule has 3 aromatic rings. The van der Waals surface area contributed by atoms with E-state index < -0.39 is 47.4 Å². The van der Waals surface area contributed by atoms with Crippen LogP contribution >= 0.6 is 0 Å². The number of alkyl halides is 3. The van der Waals surface area contributed by atoms with Crippen LogP contribution in [-0.2, 0) is 27.0 Å². The zero-order valence-electron chi connectivity index (χ0n) is 16.0. The number of rotatable bonds is 5. The summed E-state index contributed by atoms with van der Waals surface area (Å²) in [6.45, 7) is 0.548. The number of amides is 1. The average Bonchev–Trinajstić information content (AvgIpc) is 2.71. The first-order chi connectivity index (χ1) is 14.6. The summed E-state index contributed by atoms with van der Waals surface area (Å²) >= 11 is 0. The third-order valence-corrected chi connectivity index (χ3v) is 4.31. The molecule has 0 aliphatic carbocycles. The Morgan fingerprint density at radius 3 is 2.45 bits per heavy atom. The van der Waals surface area contributed by atoms with Crippen molar-refractivity contribution in [3.8, 4) is 0 Å². The first-order valence-electron chi connectivity index (χ1n) is 8.96. The molecule has 2 N–H and O–H groups in total. The smallest absolute Gasteiger partial charge is 0.416 e. The molecule has 1 atom stereocenters. The lowest BCUT2D eigenvalue weighted by Crippen LogP contribution is -2.36. The minimum Gasteiger partial charge on any atom is -0.451 e. The minimum absolute atomic E-state index is 0.106. The van der Waals surface area contributed by atoms with Gasteiger partial charge in [0.25, 0.3) is 17.0 Å². The highest BCUT2D eigenvalue weighted by atomic mass is 19.4. The van der Waals surface area contributed by atoms with Crippen LogP contribution in [-0.4, -0.2) is 27.8 Å². The van der Waals surface area contributed by atoms with Crippen molar-refractivity contribution >= 4 is 28.3 Å². The van der Waals surface area contributed by atoms with Crippen molar-refractivity contribution in [3.05, 3.63) is 74.8 Å². The highest BCUT2D eigenvalue weighted by Gasteiger charge is 2.30. The zero-order valence-corrected chi connectivity index (χ0v) is 16.0. The SMILES string of the molecule is C[C@@H](OC(=O)Cn1[nH]c(=O)c2ccccc2c1=O)C(=O)Nc1cccc(C(F)(F)F)c1. The van der Waals surface area contributed by atoms with Gasteiger partial charge in [0.1, 0.15) is 6.54 Å². The molecule has 0 unspecified atom stereocenters. The normalized spacial score (nSPS) is 12.4. The van der Waals surface area contributed by atoms with E-state index in [4.69, 9.17) is 4.74 Å². The van der Waals surface area contributed by atoms with Crippen molar-refractivity contribution < 1.29 is 27.5 Å². The molecule has 0 aliphatic rings. The van der Waals surface area contributed by atoms with Crippen molar-refractivity contribution in [2.75, 3.05) is 5.32 Å². The monoisotopic (exact) mass is 435 g/mol. The summed E-state index contributed by atoms with van der Waals surface area (Å²) in [5.41, 5.74) is -2.29. The third kappa shape index (κ3) is 5.00. The predicted octanol–water partition coefficient (Wildman–Crippen LogP) is 2.28. The molecule has 0 saturated carbocycles. The molecule has 3 rings (SSSR count). The molecule has 1 aromatic heterocycles. The Hall–Kier alpha value is -3.89. The van der Waals surface area contributed by atoms with Gasteiger partial charge in [-0.1, -0.05) is 18.2 Å². The fourth-order valence-corrected chi connectivity index (χ4v) is 2.79. The number of benzene rings is 2. The van der Waals surface area contributed by atoms with E-state index in [0.29, 0.717) is 0 Å². The Morgan fingerprint density at radius 2 is 1.77 bits per heavy atom.